The largest absolute Gasteiger partial charge is 0.459 e. The molecule has 1 atom stereocenters. The van der Waals surface area contributed by atoms with Crippen LogP contribution in [0.3, 0.4) is 0 Å². The number of furan rings is 1. The van der Waals surface area contributed by atoms with Crippen LogP contribution >= 0.6 is 23.2 Å². The van der Waals surface area contributed by atoms with Crippen molar-refractivity contribution < 1.29 is 9.21 Å². The second kappa shape index (κ2) is 9.49. The van der Waals surface area contributed by atoms with Crippen LogP contribution in [0.25, 0.3) is 0 Å². The summed E-state index contributed by atoms with van der Waals surface area (Å²) in [7, 11) is 0. The van der Waals surface area contributed by atoms with E-state index in [1.165, 1.54) is 6.26 Å². The number of anilines is 1. The lowest BCUT2D eigenvalue weighted by Gasteiger charge is -2.16. The average molecular weight is 431 g/mol. The van der Waals surface area contributed by atoms with E-state index in [0.29, 0.717) is 28.2 Å². The van der Waals surface area contributed by atoms with Crippen molar-refractivity contribution in [2.45, 2.75) is 19.5 Å². The molecule has 1 heterocycles. The van der Waals surface area contributed by atoms with E-state index in [1.807, 2.05) is 25.1 Å². The van der Waals surface area contributed by atoms with Crippen LogP contribution < -0.4 is 16.4 Å². The summed E-state index contributed by atoms with van der Waals surface area (Å²) in [6.45, 7) is 2.33. The van der Waals surface area contributed by atoms with Gasteiger partial charge in [-0.15, -0.1) is 0 Å². The van der Waals surface area contributed by atoms with Gasteiger partial charge in [-0.1, -0.05) is 41.4 Å². The van der Waals surface area contributed by atoms with E-state index in [-0.39, 0.29) is 17.7 Å². The molecular weight excluding hydrogens is 411 g/mol. The van der Waals surface area contributed by atoms with E-state index in [2.05, 4.69) is 15.6 Å². The number of nitrogens with zero attached hydrogens (tertiary/aromatic N) is 1. The highest BCUT2D eigenvalue weighted by atomic mass is 35.5. The van der Waals surface area contributed by atoms with Gasteiger partial charge in [0.25, 0.3) is 5.91 Å². The Hall–Kier alpha value is -2.96. The minimum absolute atomic E-state index is 0.122. The molecule has 8 heteroatoms. The quantitative estimate of drug-likeness (QED) is 0.378. The van der Waals surface area contributed by atoms with Crippen LogP contribution in [-0.2, 0) is 6.54 Å². The molecule has 0 aliphatic heterocycles. The highest BCUT2D eigenvalue weighted by Gasteiger charge is 2.11. The number of amides is 1. The second-order valence-corrected chi connectivity index (χ2v) is 7.21. The number of benzene rings is 2. The topological polar surface area (TPSA) is 92.6 Å². The van der Waals surface area contributed by atoms with Crippen molar-refractivity contribution in [3.05, 3.63) is 87.8 Å². The molecule has 29 heavy (non-hydrogen) atoms. The standard InChI is InChI=1S/C21H20Cl2N4O2/c1-13(17-9-6-15(22)11-18(17)23)26-21(24)25-12-14-4-7-16(8-5-14)27-20(28)19-3-2-10-29-19/h2-11,13H,12H2,1H3,(H,27,28)(H3,24,25,26). The number of guanidine groups is 1. The molecular formula is C21H20Cl2N4O2. The minimum atomic E-state index is -0.302. The van der Waals surface area contributed by atoms with E-state index < -0.39 is 0 Å². The molecule has 0 radical (unpaired) electrons. The van der Waals surface area contributed by atoms with Gasteiger partial charge in [-0.05, 0) is 54.4 Å². The van der Waals surface area contributed by atoms with Crippen LogP contribution in [0.4, 0.5) is 5.69 Å². The molecule has 0 saturated carbocycles. The van der Waals surface area contributed by atoms with Crippen LogP contribution in [0.2, 0.25) is 10.0 Å². The molecule has 2 aromatic carbocycles. The number of hydrogen-bond donors (Lipinski definition) is 3. The van der Waals surface area contributed by atoms with Crippen LogP contribution in [0, 0.1) is 0 Å². The first-order chi connectivity index (χ1) is 13.9. The van der Waals surface area contributed by atoms with Crippen LogP contribution in [-0.4, -0.2) is 11.9 Å². The maximum absolute atomic E-state index is 12.0. The predicted octanol–water partition coefficient (Wildman–Crippen LogP) is 5.00. The lowest BCUT2D eigenvalue weighted by Crippen LogP contribution is -2.34. The summed E-state index contributed by atoms with van der Waals surface area (Å²) >= 11 is 12.2. The summed E-state index contributed by atoms with van der Waals surface area (Å²) in [5.41, 5.74) is 8.48. The highest BCUT2D eigenvalue weighted by molar-refractivity contribution is 6.35. The summed E-state index contributed by atoms with van der Waals surface area (Å²) in [6, 6.07) is 15.8. The number of aliphatic imine (C=N–C) groups is 1. The Morgan fingerprint density at radius 1 is 1.17 bits per heavy atom. The Morgan fingerprint density at radius 2 is 1.93 bits per heavy atom. The van der Waals surface area contributed by atoms with E-state index >= 15 is 0 Å². The van der Waals surface area contributed by atoms with Crippen molar-refractivity contribution in [2.24, 2.45) is 10.7 Å². The average Bonchev–Trinajstić information content (AvgIpc) is 3.22. The number of halogens is 2. The van der Waals surface area contributed by atoms with Crippen molar-refractivity contribution in [1.82, 2.24) is 5.32 Å². The number of nitrogens with one attached hydrogen (secondary N) is 2. The first-order valence-electron chi connectivity index (χ1n) is 8.87. The molecule has 0 aliphatic carbocycles. The highest BCUT2D eigenvalue weighted by Crippen LogP contribution is 2.26. The predicted molar refractivity (Wildman–Crippen MR) is 116 cm³/mol. The Balaban J connectivity index is 1.55. The molecule has 0 bridgehead atoms. The number of carbonyl (C=O) groups is 1. The molecule has 3 rings (SSSR count). The number of nitrogens with two attached hydrogens (primary N) is 1. The van der Waals surface area contributed by atoms with Gasteiger partial charge in [-0.2, -0.15) is 0 Å². The van der Waals surface area contributed by atoms with Gasteiger partial charge in [0, 0.05) is 15.7 Å². The van der Waals surface area contributed by atoms with Crippen molar-refractivity contribution in [2.75, 3.05) is 5.32 Å². The number of carbonyl (C=O) groups excluding carboxylic acids is 1. The van der Waals surface area contributed by atoms with Crippen molar-refractivity contribution >= 4 is 40.8 Å². The number of rotatable bonds is 6. The first kappa shape index (κ1) is 20.8. The smallest absolute Gasteiger partial charge is 0.291 e. The fraction of sp³-hybridized carbons (Fsp3) is 0.143. The fourth-order valence-corrected chi connectivity index (χ4v) is 3.24. The Kier molecular flexibility index (Phi) is 6.80. The van der Waals surface area contributed by atoms with Gasteiger partial charge in [0.15, 0.2) is 11.7 Å². The zero-order valence-electron chi connectivity index (χ0n) is 15.7. The van der Waals surface area contributed by atoms with E-state index in [1.54, 1.807) is 36.4 Å². The van der Waals surface area contributed by atoms with Gasteiger partial charge in [0.05, 0.1) is 18.8 Å². The molecule has 3 aromatic rings. The molecule has 0 fully saturated rings. The van der Waals surface area contributed by atoms with E-state index in [4.69, 9.17) is 33.4 Å². The van der Waals surface area contributed by atoms with Gasteiger partial charge in [-0.25, -0.2) is 4.99 Å². The molecule has 1 aromatic heterocycles. The van der Waals surface area contributed by atoms with E-state index in [9.17, 15) is 4.79 Å². The molecule has 150 valence electrons. The van der Waals surface area contributed by atoms with Gasteiger partial charge < -0.3 is 20.8 Å². The Labute approximate surface area is 178 Å². The maximum atomic E-state index is 12.0. The Bertz CT molecular complexity index is 1000. The lowest BCUT2D eigenvalue weighted by atomic mass is 10.1. The Morgan fingerprint density at radius 3 is 2.59 bits per heavy atom. The zero-order valence-corrected chi connectivity index (χ0v) is 17.2. The van der Waals surface area contributed by atoms with Crippen molar-refractivity contribution in [1.29, 1.82) is 0 Å². The summed E-state index contributed by atoms with van der Waals surface area (Å²) in [5, 5.41) is 7.02. The summed E-state index contributed by atoms with van der Waals surface area (Å²) in [4.78, 5) is 16.3. The van der Waals surface area contributed by atoms with Crippen molar-refractivity contribution in [3.8, 4) is 0 Å². The molecule has 0 saturated heterocycles. The van der Waals surface area contributed by atoms with Crippen LogP contribution in [0.1, 0.15) is 34.6 Å². The summed E-state index contributed by atoms with van der Waals surface area (Å²) in [5.74, 6) is 0.259. The molecule has 0 aliphatic rings. The second-order valence-electron chi connectivity index (χ2n) is 6.36. The molecule has 0 spiro atoms. The summed E-state index contributed by atoms with van der Waals surface area (Å²) < 4.78 is 5.07. The third-order valence-corrected chi connectivity index (χ3v) is 4.74. The lowest BCUT2D eigenvalue weighted by molar-refractivity contribution is 0.0996. The maximum Gasteiger partial charge on any atom is 0.291 e. The minimum Gasteiger partial charge on any atom is -0.459 e. The van der Waals surface area contributed by atoms with Gasteiger partial charge >= 0.3 is 0 Å². The third-order valence-electron chi connectivity index (χ3n) is 4.18. The third kappa shape index (κ3) is 5.76. The monoisotopic (exact) mass is 430 g/mol. The van der Waals surface area contributed by atoms with Gasteiger partial charge in [-0.3, -0.25) is 4.79 Å². The molecule has 6 nitrogen and oxygen atoms in total. The molecule has 4 N–H and O–H groups in total. The van der Waals surface area contributed by atoms with Crippen LogP contribution in [0.5, 0.6) is 0 Å². The summed E-state index contributed by atoms with van der Waals surface area (Å²) in [6.07, 6.45) is 1.45. The first-order valence-corrected chi connectivity index (χ1v) is 9.63. The normalized spacial score (nSPS) is 12.4. The fourth-order valence-electron chi connectivity index (χ4n) is 2.67. The molecule has 1 amide bonds. The van der Waals surface area contributed by atoms with Crippen molar-refractivity contribution in [3.63, 3.8) is 0 Å². The zero-order chi connectivity index (χ0) is 20.8. The van der Waals surface area contributed by atoms with Gasteiger partial charge in [0.2, 0.25) is 0 Å². The molecule has 1 unspecified atom stereocenters. The van der Waals surface area contributed by atoms with E-state index in [0.717, 1.165) is 11.1 Å². The number of hydrogen-bond acceptors (Lipinski definition) is 3. The van der Waals surface area contributed by atoms with Gasteiger partial charge in [0.1, 0.15) is 0 Å². The SMILES string of the molecule is CC(NC(N)=NCc1ccc(NC(=O)c2ccco2)cc1)c1ccc(Cl)cc1Cl. The van der Waals surface area contributed by atoms with Crippen LogP contribution in [0.15, 0.2) is 70.3 Å².